The number of amides is 2. The van der Waals surface area contributed by atoms with Crippen LogP contribution in [0.15, 0.2) is 30.3 Å². The molecular weight excluding hydrogens is 474 g/mol. The van der Waals surface area contributed by atoms with E-state index in [1.807, 2.05) is 71.9 Å². The zero-order chi connectivity index (χ0) is 27.5. The van der Waals surface area contributed by atoms with Crippen molar-refractivity contribution < 1.29 is 28.6 Å². The summed E-state index contributed by atoms with van der Waals surface area (Å²) in [4.78, 5) is 39.3. The molecule has 1 fully saturated rings. The van der Waals surface area contributed by atoms with Crippen molar-refractivity contribution in [2.24, 2.45) is 0 Å². The molecule has 2 amide bonds. The van der Waals surface area contributed by atoms with Crippen LogP contribution in [0.3, 0.4) is 0 Å². The Balaban J connectivity index is 1.89. The van der Waals surface area contributed by atoms with Gasteiger partial charge >= 0.3 is 18.2 Å². The molecule has 0 aliphatic carbocycles. The summed E-state index contributed by atoms with van der Waals surface area (Å²) in [6.07, 6.45) is 2.88. The van der Waals surface area contributed by atoms with E-state index in [1.165, 1.54) is 0 Å². The SMILES string of the molecule is CC(C)(C)OC(=O)NCCCC[C@@H](CN1CCC[C@H]1C(=O)OCc1ccccc1)NC(=O)OC(C)(C)C. The molecule has 1 aliphatic rings. The van der Waals surface area contributed by atoms with Crippen LogP contribution in [-0.2, 0) is 25.6 Å². The van der Waals surface area contributed by atoms with Crippen molar-refractivity contribution in [1.29, 1.82) is 0 Å². The van der Waals surface area contributed by atoms with Gasteiger partial charge in [-0.2, -0.15) is 0 Å². The summed E-state index contributed by atoms with van der Waals surface area (Å²) in [5.41, 5.74) is -0.199. The number of carbonyl (C=O) groups is 3. The Morgan fingerprint density at radius 2 is 1.62 bits per heavy atom. The minimum absolute atomic E-state index is 0.209. The Hall–Kier alpha value is -2.81. The molecule has 1 heterocycles. The van der Waals surface area contributed by atoms with E-state index in [-0.39, 0.29) is 24.7 Å². The number of likely N-dealkylation sites (tertiary alicyclic amines) is 1. The van der Waals surface area contributed by atoms with Gasteiger partial charge in [-0.05, 0) is 85.8 Å². The zero-order valence-electron chi connectivity index (χ0n) is 23.3. The molecule has 0 unspecified atom stereocenters. The van der Waals surface area contributed by atoms with Gasteiger partial charge in [0.05, 0.1) is 0 Å². The summed E-state index contributed by atoms with van der Waals surface area (Å²) in [7, 11) is 0. The number of esters is 1. The number of hydrogen-bond acceptors (Lipinski definition) is 7. The first-order valence-electron chi connectivity index (χ1n) is 13.2. The number of carbonyl (C=O) groups excluding carboxylic acids is 3. The third-order valence-electron chi connectivity index (χ3n) is 5.68. The molecule has 0 spiro atoms. The minimum atomic E-state index is -0.608. The smallest absolute Gasteiger partial charge is 0.407 e. The van der Waals surface area contributed by atoms with E-state index < -0.39 is 23.4 Å². The lowest BCUT2D eigenvalue weighted by Crippen LogP contribution is -2.48. The molecule has 0 aromatic heterocycles. The molecule has 9 heteroatoms. The topological polar surface area (TPSA) is 106 Å². The fraction of sp³-hybridized carbons (Fsp3) is 0.679. The van der Waals surface area contributed by atoms with E-state index in [0.717, 1.165) is 37.8 Å². The highest BCUT2D eigenvalue weighted by molar-refractivity contribution is 5.76. The highest BCUT2D eigenvalue weighted by Gasteiger charge is 2.34. The van der Waals surface area contributed by atoms with Crippen molar-refractivity contribution in [3.63, 3.8) is 0 Å². The van der Waals surface area contributed by atoms with Crippen LogP contribution in [0.2, 0.25) is 0 Å². The zero-order valence-corrected chi connectivity index (χ0v) is 23.3. The van der Waals surface area contributed by atoms with Gasteiger partial charge in [0.25, 0.3) is 0 Å². The monoisotopic (exact) mass is 519 g/mol. The second-order valence-electron chi connectivity index (χ2n) is 11.5. The van der Waals surface area contributed by atoms with E-state index in [9.17, 15) is 14.4 Å². The van der Waals surface area contributed by atoms with Crippen molar-refractivity contribution >= 4 is 18.2 Å². The van der Waals surface area contributed by atoms with Crippen LogP contribution < -0.4 is 10.6 Å². The Labute approximate surface area is 221 Å². The molecule has 1 aromatic carbocycles. The van der Waals surface area contributed by atoms with Gasteiger partial charge in [0.15, 0.2) is 0 Å². The minimum Gasteiger partial charge on any atom is -0.460 e. The Kier molecular flexibility index (Phi) is 11.7. The fourth-order valence-corrected chi connectivity index (χ4v) is 4.12. The van der Waals surface area contributed by atoms with Gasteiger partial charge < -0.3 is 24.8 Å². The van der Waals surface area contributed by atoms with Crippen LogP contribution in [0.25, 0.3) is 0 Å². The van der Waals surface area contributed by atoms with Gasteiger partial charge in [-0.15, -0.1) is 0 Å². The second-order valence-corrected chi connectivity index (χ2v) is 11.5. The molecule has 0 radical (unpaired) electrons. The molecule has 208 valence electrons. The maximum absolute atomic E-state index is 12.9. The van der Waals surface area contributed by atoms with Gasteiger partial charge in [0.2, 0.25) is 0 Å². The van der Waals surface area contributed by atoms with Crippen molar-refractivity contribution in [1.82, 2.24) is 15.5 Å². The van der Waals surface area contributed by atoms with Crippen LogP contribution in [-0.4, -0.2) is 66.0 Å². The normalized spacial score (nSPS) is 17.1. The molecule has 1 aromatic rings. The van der Waals surface area contributed by atoms with Crippen molar-refractivity contribution in [2.75, 3.05) is 19.6 Å². The summed E-state index contributed by atoms with van der Waals surface area (Å²) in [6, 6.07) is 9.08. The summed E-state index contributed by atoms with van der Waals surface area (Å²) in [5.74, 6) is -0.237. The van der Waals surface area contributed by atoms with E-state index in [1.54, 1.807) is 0 Å². The van der Waals surface area contributed by atoms with E-state index in [0.29, 0.717) is 19.5 Å². The van der Waals surface area contributed by atoms with Gasteiger partial charge in [0.1, 0.15) is 23.9 Å². The Morgan fingerprint density at radius 1 is 0.973 bits per heavy atom. The molecule has 0 saturated carbocycles. The Bertz CT molecular complexity index is 863. The van der Waals surface area contributed by atoms with Crippen LogP contribution in [0.4, 0.5) is 9.59 Å². The average Bonchev–Trinajstić information content (AvgIpc) is 3.23. The predicted octanol–water partition coefficient (Wildman–Crippen LogP) is 4.78. The largest absolute Gasteiger partial charge is 0.460 e. The van der Waals surface area contributed by atoms with Gasteiger partial charge in [-0.1, -0.05) is 30.3 Å². The molecule has 2 rings (SSSR count). The number of alkyl carbamates (subject to hydrolysis) is 2. The molecule has 2 N–H and O–H groups in total. The summed E-state index contributed by atoms with van der Waals surface area (Å²) < 4.78 is 16.3. The average molecular weight is 520 g/mol. The standard InChI is InChI=1S/C28H45N3O6/c1-27(2,3)36-25(33)29-17-11-10-15-22(30-26(34)37-28(4,5)6)19-31-18-12-16-23(31)24(32)35-20-21-13-8-7-9-14-21/h7-9,13-14,22-23H,10-12,15-20H2,1-6H3,(H,29,33)(H,30,34)/t22-,23-/m0/s1. The van der Waals surface area contributed by atoms with Crippen molar-refractivity contribution in [3.8, 4) is 0 Å². The van der Waals surface area contributed by atoms with Crippen molar-refractivity contribution in [2.45, 2.75) is 104 Å². The molecular formula is C28H45N3O6. The maximum Gasteiger partial charge on any atom is 0.407 e. The number of nitrogens with one attached hydrogen (secondary N) is 2. The first-order valence-corrected chi connectivity index (χ1v) is 13.2. The lowest BCUT2D eigenvalue weighted by atomic mass is 10.1. The molecule has 9 nitrogen and oxygen atoms in total. The molecule has 0 bridgehead atoms. The lowest BCUT2D eigenvalue weighted by Gasteiger charge is -2.29. The first kappa shape index (κ1) is 30.4. The molecule has 1 aliphatic heterocycles. The van der Waals surface area contributed by atoms with E-state index in [4.69, 9.17) is 14.2 Å². The predicted molar refractivity (Wildman–Crippen MR) is 142 cm³/mol. The quantitative estimate of drug-likeness (QED) is 0.246. The number of benzene rings is 1. The van der Waals surface area contributed by atoms with Crippen LogP contribution >= 0.6 is 0 Å². The third kappa shape index (κ3) is 12.8. The molecule has 37 heavy (non-hydrogen) atoms. The molecule has 1 saturated heterocycles. The number of rotatable bonds is 11. The number of hydrogen-bond donors (Lipinski definition) is 2. The highest BCUT2D eigenvalue weighted by atomic mass is 16.6. The first-order chi connectivity index (χ1) is 17.3. The van der Waals surface area contributed by atoms with Crippen LogP contribution in [0, 0.1) is 0 Å². The van der Waals surface area contributed by atoms with Gasteiger partial charge in [0, 0.05) is 19.1 Å². The van der Waals surface area contributed by atoms with E-state index in [2.05, 4.69) is 15.5 Å². The number of ether oxygens (including phenoxy) is 3. The van der Waals surface area contributed by atoms with Crippen LogP contribution in [0.5, 0.6) is 0 Å². The van der Waals surface area contributed by atoms with E-state index >= 15 is 0 Å². The second kappa shape index (κ2) is 14.2. The molecule has 2 atom stereocenters. The third-order valence-corrected chi connectivity index (χ3v) is 5.68. The number of unbranched alkanes of at least 4 members (excludes halogenated alkanes) is 1. The highest BCUT2D eigenvalue weighted by Crippen LogP contribution is 2.21. The lowest BCUT2D eigenvalue weighted by molar-refractivity contribution is -0.150. The van der Waals surface area contributed by atoms with Crippen molar-refractivity contribution in [3.05, 3.63) is 35.9 Å². The fourth-order valence-electron chi connectivity index (χ4n) is 4.12. The summed E-state index contributed by atoms with van der Waals surface area (Å²) in [6.45, 7) is 12.9. The summed E-state index contributed by atoms with van der Waals surface area (Å²) in [5, 5.41) is 5.74. The van der Waals surface area contributed by atoms with Gasteiger partial charge in [-0.25, -0.2) is 9.59 Å². The summed E-state index contributed by atoms with van der Waals surface area (Å²) >= 11 is 0. The van der Waals surface area contributed by atoms with Gasteiger partial charge in [-0.3, -0.25) is 9.69 Å². The van der Waals surface area contributed by atoms with Crippen LogP contribution in [0.1, 0.15) is 79.2 Å². The Morgan fingerprint density at radius 3 is 2.27 bits per heavy atom. The number of nitrogens with zero attached hydrogens (tertiary/aromatic N) is 1. The maximum atomic E-state index is 12.9.